The van der Waals surface area contributed by atoms with Gasteiger partial charge in [0.2, 0.25) is 0 Å². The fourth-order valence-electron chi connectivity index (χ4n) is 7.72. The summed E-state index contributed by atoms with van der Waals surface area (Å²) in [5.41, 5.74) is 8.94. The van der Waals surface area contributed by atoms with E-state index < -0.39 is 0 Å². The van der Waals surface area contributed by atoms with Gasteiger partial charge in [0.15, 0.2) is 0 Å². The average Bonchev–Trinajstić information content (AvgIpc) is 3.88. The van der Waals surface area contributed by atoms with Crippen LogP contribution in [0.1, 0.15) is 29.0 Å². The van der Waals surface area contributed by atoms with Crippen LogP contribution in [0.4, 0.5) is 0 Å². The molecule has 10 aromatic rings. The number of hydrogen-bond acceptors (Lipinski definition) is 6. The second kappa shape index (κ2) is 11.2. The van der Waals surface area contributed by atoms with Gasteiger partial charge in [0.1, 0.15) is 40.5 Å². The highest BCUT2D eigenvalue weighted by molar-refractivity contribution is 7.26. The quantitative estimate of drug-likeness (QED) is 0.195. The molecule has 0 fully saturated rings. The SMILES string of the molecule is c1ccc(C2N=C(c3cccc4c3oc3ccccc34)NC(c3ccc4oc5cc(-c6cccc7c6sc6ccccc67)ccc5c4c3)N2)cc1. The average molecular weight is 676 g/mol. The number of thiophene rings is 1. The van der Waals surface area contributed by atoms with Gasteiger partial charge >= 0.3 is 0 Å². The normalized spacial score (nSPS) is 16.4. The summed E-state index contributed by atoms with van der Waals surface area (Å²) in [6.07, 6.45) is -0.482. The number of rotatable bonds is 4. The maximum Gasteiger partial charge on any atom is 0.146 e. The topological polar surface area (TPSA) is 62.7 Å². The first-order valence-corrected chi connectivity index (χ1v) is 18.0. The van der Waals surface area contributed by atoms with E-state index in [1.165, 1.54) is 25.7 Å². The number of furan rings is 2. The predicted molar refractivity (Wildman–Crippen MR) is 210 cm³/mol. The highest BCUT2D eigenvalue weighted by atomic mass is 32.1. The van der Waals surface area contributed by atoms with E-state index in [0.29, 0.717) is 0 Å². The highest BCUT2D eigenvalue weighted by Gasteiger charge is 2.28. The number of para-hydroxylation sites is 2. The van der Waals surface area contributed by atoms with Gasteiger partial charge in [-0.15, -0.1) is 11.3 Å². The molecule has 242 valence electrons. The zero-order valence-electron chi connectivity index (χ0n) is 27.3. The number of nitrogens with one attached hydrogen (secondary N) is 2. The van der Waals surface area contributed by atoms with Crippen LogP contribution in [-0.4, -0.2) is 5.84 Å². The summed E-state index contributed by atoms with van der Waals surface area (Å²) in [5.74, 6) is 0.787. The third-order valence-electron chi connectivity index (χ3n) is 10.2. The standard InChI is InChI=1S/C45H29N3O2S/c1-2-10-26(11-3-1)43-46-44(48-45(47-43)35-17-9-15-33-30-12-4-6-18-37(30)50-41(33)35)28-21-23-38-36(24-28)31-22-20-27(25-39(31)49-38)29-14-8-16-34-32-13-5-7-19-40(32)51-42(29)34/h1-25,43-44,46H,(H,47,48). The Hall–Kier alpha value is -6.21. The van der Waals surface area contributed by atoms with Gasteiger partial charge in [0, 0.05) is 41.7 Å². The molecule has 0 bridgehead atoms. The molecular formula is C45H29N3O2S. The lowest BCUT2D eigenvalue weighted by atomic mass is 10.0. The summed E-state index contributed by atoms with van der Waals surface area (Å²) < 4.78 is 15.6. The van der Waals surface area contributed by atoms with E-state index in [4.69, 9.17) is 13.8 Å². The lowest BCUT2D eigenvalue weighted by molar-refractivity contribution is 0.409. The van der Waals surface area contributed by atoms with Gasteiger partial charge in [0.25, 0.3) is 0 Å². The third kappa shape index (κ3) is 4.54. The minimum absolute atomic E-state index is 0.221. The van der Waals surface area contributed by atoms with Gasteiger partial charge < -0.3 is 14.2 Å². The molecule has 2 atom stereocenters. The van der Waals surface area contributed by atoms with Crippen LogP contribution in [0.25, 0.3) is 75.2 Å². The van der Waals surface area contributed by atoms with Crippen molar-refractivity contribution in [3.63, 3.8) is 0 Å². The maximum absolute atomic E-state index is 6.51. The summed E-state index contributed by atoms with van der Waals surface area (Å²) in [6.45, 7) is 0. The first-order valence-electron chi connectivity index (χ1n) is 17.2. The number of nitrogens with zero attached hydrogens (tertiary/aromatic N) is 1. The first-order chi connectivity index (χ1) is 25.2. The lowest BCUT2D eigenvalue weighted by Crippen LogP contribution is -2.45. The van der Waals surface area contributed by atoms with Gasteiger partial charge in [-0.3, -0.25) is 5.32 Å². The Kier molecular flexibility index (Phi) is 6.26. The van der Waals surface area contributed by atoms with E-state index in [2.05, 4.69) is 138 Å². The van der Waals surface area contributed by atoms with Crippen LogP contribution in [0.15, 0.2) is 165 Å². The molecule has 6 heteroatoms. The molecule has 51 heavy (non-hydrogen) atoms. The Morgan fingerprint density at radius 3 is 2.18 bits per heavy atom. The monoisotopic (exact) mass is 675 g/mol. The zero-order valence-corrected chi connectivity index (χ0v) is 28.1. The van der Waals surface area contributed by atoms with E-state index in [-0.39, 0.29) is 12.3 Å². The van der Waals surface area contributed by atoms with E-state index in [1.807, 2.05) is 35.6 Å². The zero-order chi connectivity index (χ0) is 33.5. The number of amidine groups is 1. The van der Waals surface area contributed by atoms with E-state index >= 15 is 0 Å². The third-order valence-corrected chi connectivity index (χ3v) is 11.4. The summed E-state index contributed by atoms with van der Waals surface area (Å²) in [7, 11) is 0. The molecule has 0 spiro atoms. The van der Waals surface area contributed by atoms with E-state index in [0.717, 1.165) is 72.0 Å². The number of aliphatic imine (C=N–C) groups is 1. The number of hydrogen-bond donors (Lipinski definition) is 2. The van der Waals surface area contributed by atoms with Crippen LogP contribution in [0.5, 0.6) is 0 Å². The van der Waals surface area contributed by atoms with Crippen LogP contribution in [0.2, 0.25) is 0 Å². The Labute approximate surface area is 296 Å². The molecule has 0 amide bonds. The van der Waals surface area contributed by atoms with Crippen molar-refractivity contribution in [3.05, 3.63) is 168 Å². The Morgan fingerprint density at radius 1 is 0.510 bits per heavy atom. The number of fused-ring (bicyclic) bond motifs is 9. The minimum Gasteiger partial charge on any atom is -0.456 e. The second-order valence-electron chi connectivity index (χ2n) is 13.2. The molecule has 0 radical (unpaired) electrons. The van der Waals surface area contributed by atoms with Crippen molar-refractivity contribution in [2.45, 2.75) is 12.3 Å². The minimum atomic E-state index is -0.261. The van der Waals surface area contributed by atoms with Crippen molar-refractivity contribution in [3.8, 4) is 11.1 Å². The summed E-state index contributed by atoms with van der Waals surface area (Å²) in [6, 6.07) is 53.2. The van der Waals surface area contributed by atoms with Crippen LogP contribution in [0.3, 0.4) is 0 Å². The molecule has 2 N–H and O–H groups in total. The molecule has 0 saturated heterocycles. The molecule has 0 saturated carbocycles. The van der Waals surface area contributed by atoms with Crippen LogP contribution >= 0.6 is 11.3 Å². The van der Waals surface area contributed by atoms with Gasteiger partial charge in [-0.25, -0.2) is 4.99 Å². The Bertz CT molecular complexity index is 3010. The molecule has 1 aliphatic rings. The number of benzene rings is 7. The van der Waals surface area contributed by atoms with Crippen molar-refractivity contribution in [1.29, 1.82) is 0 Å². The molecule has 1 aliphatic heterocycles. The first kappa shape index (κ1) is 28.6. The second-order valence-corrected chi connectivity index (χ2v) is 14.2. The van der Waals surface area contributed by atoms with Gasteiger partial charge in [0.05, 0.1) is 5.56 Å². The highest BCUT2D eigenvalue weighted by Crippen LogP contribution is 2.42. The van der Waals surface area contributed by atoms with Gasteiger partial charge in [-0.1, -0.05) is 109 Å². The van der Waals surface area contributed by atoms with Gasteiger partial charge in [-0.05, 0) is 64.7 Å². The van der Waals surface area contributed by atoms with Crippen molar-refractivity contribution in [2.75, 3.05) is 0 Å². The maximum atomic E-state index is 6.51. The van der Waals surface area contributed by atoms with Crippen LogP contribution in [0, 0.1) is 0 Å². The molecule has 3 aromatic heterocycles. The van der Waals surface area contributed by atoms with Crippen molar-refractivity contribution >= 4 is 81.2 Å². The molecular weight excluding hydrogens is 647 g/mol. The van der Waals surface area contributed by atoms with E-state index in [9.17, 15) is 0 Å². The van der Waals surface area contributed by atoms with Crippen molar-refractivity contribution < 1.29 is 8.83 Å². The molecule has 0 aliphatic carbocycles. The summed E-state index contributed by atoms with van der Waals surface area (Å²) in [4.78, 5) is 5.21. The van der Waals surface area contributed by atoms with Crippen molar-refractivity contribution in [1.82, 2.24) is 10.6 Å². The largest absolute Gasteiger partial charge is 0.456 e. The Morgan fingerprint density at radius 2 is 1.25 bits per heavy atom. The predicted octanol–water partition coefficient (Wildman–Crippen LogP) is 11.9. The van der Waals surface area contributed by atoms with Crippen LogP contribution in [-0.2, 0) is 0 Å². The molecule has 2 unspecified atom stereocenters. The summed E-state index contributed by atoms with van der Waals surface area (Å²) >= 11 is 1.85. The van der Waals surface area contributed by atoms with Crippen LogP contribution < -0.4 is 10.6 Å². The van der Waals surface area contributed by atoms with Gasteiger partial charge in [-0.2, -0.15) is 0 Å². The molecule has 11 rings (SSSR count). The molecule has 5 nitrogen and oxygen atoms in total. The van der Waals surface area contributed by atoms with E-state index in [1.54, 1.807) is 0 Å². The van der Waals surface area contributed by atoms with Crippen molar-refractivity contribution in [2.24, 2.45) is 4.99 Å². The fourth-order valence-corrected chi connectivity index (χ4v) is 8.96. The smallest absolute Gasteiger partial charge is 0.146 e. The molecule has 4 heterocycles. The Balaban J connectivity index is 1.00. The molecule has 7 aromatic carbocycles. The summed E-state index contributed by atoms with van der Waals surface area (Å²) in [5, 5.41) is 14.4. The fraction of sp³-hybridized carbons (Fsp3) is 0.0444. The lowest BCUT2D eigenvalue weighted by Gasteiger charge is -2.32.